The van der Waals surface area contributed by atoms with Gasteiger partial charge >= 0.3 is 0 Å². The molecule has 0 aromatic carbocycles. The predicted octanol–water partition coefficient (Wildman–Crippen LogP) is 1.84. The first kappa shape index (κ1) is 15.8. The van der Waals surface area contributed by atoms with Gasteiger partial charge in [-0.25, -0.2) is 0 Å². The van der Waals surface area contributed by atoms with E-state index in [0.717, 1.165) is 45.3 Å². The van der Waals surface area contributed by atoms with Gasteiger partial charge in [0.2, 0.25) is 5.91 Å². The largest absolute Gasteiger partial charge is 0.341 e. The monoisotopic (exact) mass is 281 g/mol. The van der Waals surface area contributed by atoms with Gasteiger partial charge in [0.05, 0.1) is 0 Å². The fraction of sp³-hybridized carbons (Fsp3) is 0.938. The summed E-state index contributed by atoms with van der Waals surface area (Å²) in [4.78, 5) is 17.2. The van der Waals surface area contributed by atoms with Gasteiger partial charge in [-0.1, -0.05) is 13.3 Å². The van der Waals surface area contributed by atoms with E-state index in [-0.39, 0.29) is 0 Å². The van der Waals surface area contributed by atoms with Crippen molar-refractivity contribution in [3.05, 3.63) is 0 Å². The highest BCUT2D eigenvalue weighted by atomic mass is 16.2. The van der Waals surface area contributed by atoms with Gasteiger partial charge in [-0.05, 0) is 51.1 Å². The Labute approximate surface area is 123 Å². The summed E-state index contributed by atoms with van der Waals surface area (Å²) in [5.41, 5.74) is 5.63. The number of carbonyl (C=O) groups is 1. The van der Waals surface area contributed by atoms with Gasteiger partial charge in [-0.2, -0.15) is 0 Å². The van der Waals surface area contributed by atoms with Crippen molar-refractivity contribution in [2.24, 2.45) is 11.7 Å². The van der Waals surface area contributed by atoms with E-state index in [1.165, 1.54) is 25.9 Å². The first-order valence-corrected chi connectivity index (χ1v) is 8.46. The molecule has 0 spiro atoms. The van der Waals surface area contributed by atoms with Crippen molar-refractivity contribution >= 4 is 5.91 Å². The highest BCUT2D eigenvalue weighted by molar-refractivity contribution is 5.76. The third kappa shape index (κ3) is 4.19. The van der Waals surface area contributed by atoms with Gasteiger partial charge in [-0.3, -0.25) is 9.69 Å². The predicted molar refractivity (Wildman–Crippen MR) is 82.5 cm³/mol. The zero-order chi connectivity index (χ0) is 14.4. The fourth-order valence-corrected chi connectivity index (χ4v) is 3.71. The topological polar surface area (TPSA) is 49.6 Å². The number of hydrogen-bond donors (Lipinski definition) is 1. The summed E-state index contributed by atoms with van der Waals surface area (Å²) in [6.07, 6.45) is 7.64. The molecule has 0 aromatic rings. The van der Waals surface area contributed by atoms with E-state index in [9.17, 15) is 4.79 Å². The molecule has 2 atom stereocenters. The minimum absolute atomic E-state index is 0.370. The van der Waals surface area contributed by atoms with Crippen LogP contribution < -0.4 is 5.73 Å². The maximum atomic E-state index is 12.4. The third-order valence-corrected chi connectivity index (χ3v) is 5.07. The van der Waals surface area contributed by atoms with Crippen LogP contribution in [0, 0.1) is 5.92 Å². The highest BCUT2D eigenvalue weighted by Gasteiger charge is 2.30. The van der Waals surface area contributed by atoms with Crippen LogP contribution in [0.5, 0.6) is 0 Å². The average molecular weight is 281 g/mol. The quantitative estimate of drug-likeness (QED) is 0.808. The van der Waals surface area contributed by atoms with Crippen LogP contribution >= 0.6 is 0 Å². The van der Waals surface area contributed by atoms with Crippen LogP contribution in [0.3, 0.4) is 0 Å². The van der Waals surface area contributed by atoms with Gasteiger partial charge in [0.15, 0.2) is 0 Å². The van der Waals surface area contributed by atoms with Crippen LogP contribution in [0.25, 0.3) is 0 Å². The summed E-state index contributed by atoms with van der Waals surface area (Å²) in [7, 11) is 0. The minimum Gasteiger partial charge on any atom is -0.341 e. The second-order valence-electron chi connectivity index (χ2n) is 6.42. The summed E-state index contributed by atoms with van der Waals surface area (Å²) in [5.74, 6) is 0.994. The Morgan fingerprint density at radius 2 is 2.05 bits per heavy atom. The van der Waals surface area contributed by atoms with E-state index in [0.29, 0.717) is 24.3 Å². The minimum atomic E-state index is 0.370. The van der Waals surface area contributed by atoms with Gasteiger partial charge < -0.3 is 10.6 Å². The van der Waals surface area contributed by atoms with Crippen molar-refractivity contribution in [1.82, 2.24) is 9.80 Å². The van der Waals surface area contributed by atoms with E-state index in [1.54, 1.807) is 0 Å². The summed E-state index contributed by atoms with van der Waals surface area (Å²) >= 11 is 0. The van der Waals surface area contributed by atoms with E-state index in [2.05, 4.69) is 16.7 Å². The lowest BCUT2D eigenvalue weighted by Crippen LogP contribution is -2.39. The molecule has 0 aliphatic carbocycles. The zero-order valence-electron chi connectivity index (χ0n) is 13.0. The van der Waals surface area contributed by atoms with Crippen molar-refractivity contribution in [2.45, 2.75) is 57.9 Å². The molecule has 2 heterocycles. The molecule has 2 unspecified atom stereocenters. The Kier molecular flexibility index (Phi) is 6.30. The van der Waals surface area contributed by atoms with Crippen molar-refractivity contribution in [2.75, 3.05) is 32.7 Å². The smallest absolute Gasteiger partial charge is 0.222 e. The van der Waals surface area contributed by atoms with Crippen LogP contribution in [-0.4, -0.2) is 54.5 Å². The van der Waals surface area contributed by atoms with Gasteiger partial charge in [0.1, 0.15) is 0 Å². The first-order valence-electron chi connectivity index (χ1n) is 8.46. The molecule has 2 aliphatic heterocycles. The van der Waals surface area contributed by atoms with E-state index >= 15 is 0 Å². The molecular weight excluding hydrogens is 250 g/mol. The molecular formula is C16H31N3O. The third-order valence-electron chi connectivity index (χ3n) is 5.07. The number of rotatable bonds is 6. The molecule has 2 N–H and O–H groups in total. The number of nitrogens with two attached hydrogens (primary N) is 1. The summed E-state index contributed by atoms with van der Waals surface area (Å²) in [6.45, 7) is 7.28. The van der Waals surface area contributed by atoms with Crippen LogP contribution in [0.15, 0.2) is 0 Å². The molecule has 0 saturated carbocycles. The molecule has 4 nitrogen and oxygen atoms in total. The van der Waals surface area contributed by atoms with Gasteiger partial charge in [0.25, 0.3) is 0 Å². The van der Waals surface area contributed by atoms with Crippen LogP contribution in [-0.2, 0) is 4.79 Å². The van der Waals surface area contributed by atoms with Crippen molar-refractivity contribution in [3.63, 3.8) is 0 Å². The Morgan fingerprint density at radius 1 is 1.25 bits per heavy atom. The Hall–Kier alpha value is -0.610. The fourth-order valence-electron chi connectivity index (χ4n) is 3.71. The van der Waals surface area contributed by atoms with Crippen molar-refractivity contribution in [1.29, 1.82) is 0 Å². The summed E-state index contributed by atoms with van der Waals surface area (Å²) in [5, 5.41) is 0. The molecule has 116 valence electrons. The first-order chi connectivity index (χ1) is 9.74. The zero-order valence-corrected chi connectivity index (χ0v) is 13.0. The van der Waals surface area contributed by atoms with Crippen LogP contribution in [0.4, 0.5) is 0 Å². The molecule has 2 saturated heterocycles. The van der Waals surface area contributed by atoms with Gasteiger partial charge in [-0.15, -0.1) is 0 Å². The number of hydrogen-bond acceptors (Lipinski definition) is 3. The van der Waals surface area contributed by atoms with Crippen molar-refractivity contribution < 1.29 is 4.79 Å². The number of nitrogens with zero attached hydrogens (tertiary/aromatic N) is 2. The molecule has 0 aromatic heterocycles. The summed E-state index contributed by atoms with van der Waals surface area (Å²) in [6, 6.07) is 0.632. The second kappa shape index (κ2) is 7.99. The standard InChI is InChI=1S/C16H31N3O/c1-2-14(8-9-17)6-7-16(20)19-12-4-11-18-10-3-5-15(18)13-19/h14-15H,2-13,17H2,1H3. The average Bonchev–Trinajstić information content (AvgIpc) is 2.80. The molecule has 20 heavy (non-hydrogen) atoms. The SMILES string of the molecule is CCC(CCN)CCC(=O)N1CCCN2CCCC2C1. The van der Waals surface area contributed by atoms with E-state index in [1.807, 2.05) is 0 Å². The molecule has 2 fully saturated rings. The molecule has 1 amide bonds. The van der Waals surface area contributed by atoms with Crippen LogP contribution in [0.2, 0.25) is 0 Å². The lowest BCUT2D eigenvalue weighted by atomic mass is 9.96. The second-order valence-corrected chi connectivity index (χ2v) is 6.42. The normalized spacial score (nSPS) is 25.3. The van der Waals surface area contributed by atoms with Crippen molar-refractivity contribution in [3.8, 4) is 0 Å². The molecule has 0 bridgehead atoms. The molecule has 2 aliphatic rings. The molecule has 4 heteroatoms. The Bertz CT molecular complexity index is 308. The molecule has 0 radical (unpaired) electrons. The lowest BCUT2D eigenvalue weighted by molar-refractivity contribution is -0.131. The van der Waals surface area contributed by atoms with Gasteiger partial charge in [0, 0.05) is 32.1 Å². The Balaban J connectivity index is 1.79. The maximum absolute atomic E-state index is 12.4. The molecule has 2 rings (SSSR count). The van der Waals surface area contributed by atoms with E-state index in [4.69, 9.17) is 5.73 Å². The van der Waals surface area contributed by atoms with E-state index < -0.39 is 0 Å². The Morgan fingerprint density at radius 3 is 2.80 bits per heavy atom. The number of amides is 1. The highest BCUT2D eigenvalue weighted by Crippen LogP contribution is 2.22. The maximum Gasteiger partial charge on any atom is 0.222 e. The summed E-state index contributed by atoms with van der Waals surface area (Å²) < 4.78 is 0. The lowest BCUT2D eigenvalue weighted by Gasteiger charge is -2.26. The van der Waals surface area contributed by atoms with Crippen LogP contribution in [0.1, 0.15) is 51.9 Å². The number of carbonyl (C=O) groups excluding carboxylic acids is 1. The number of fused-ring (bicyclic) bond motifs is 1.